The maximum Gasteiger partial charge on any atom is 0.162 e. The Bertz CT molecular complexity index is 350. The summed E-state index contributed by atoms with van der Waals surface area (Å²) in [4.78, 5) is 11.6. The summed E-state index contributed by atoms with van der Waals surface area (Å²) in [7, 11) is 0. The highest BCUT2D eigenvalue weighted by atomic mass is 16.1. The van der Waals surface area contributed by atoms with Gasteiger partial charge < -0.3 is 0 Å². The molecule has 0 aliphatic rings. The van der Waals surface area contributed by atoms with Crippen molar-refractivity contribution in [2.24, 2.45) is 0 Å². The van der Waals surface area contributed by atoms with Crippen molar-refractivity contribution in [3.8, 4) is 0 Å². The van der Waals surface area contributed by atoms with Gasteiger partial charge in [0.25, 0.3) is 0 Å². The zero-order valence-electron chi connectivity index (χ0n) is 9.48. The molecule has 0 aliphatic heterocycles. The van der Waals surface area contributed by atoms with E-state index in [1.54, 1.807) is 0 Å². The zero-order valence-corrected chi connectivity index (χ0v) is 9.48. The minimum Gasteiger partial charge on any atom is -0.294 e. The van der Waals surface area contributed by atoms with Crippen LogP contribution in [-0.4, -0.2) is 5.78 Å². The van der Waals surface area contributed by atoms with Crippen molar-refractivity contribution in [2.75, 3.05) is 0 Å². The number of benzene rings is 1. The average molecular weight is 190 g/mol. The molecule has 14 heavy (non-hydrogen) atoms. The fourth-order valence-electron chi connectivity index (χ4n) is 1.75. The van der Waals surface area contributed by atoms with Gasteiger partial charge in [0.2, 0.25) is 0 Å². The fraction of sp³-hybridized carbons (Fsp3) is 0.462. The van der Waals surface area contributed by atoms with Gasteiger partial charge in [0.1, 0.15) is 0 Å². The molecule has 0 amide bonds. The van der Waals surface area contributed by atoms with Crippen molar-refractivity contribution in [3.63, 3.8) is 0 Å². The summed E-state index contributed by atoms with van der Waals surface area (Å²) >= 11 is 0. The summed E-state index contributed by atoms with van der Waals surface area (Å²) in [6.07, 6.45) is 1.62. The molecule has 1 aromatic carbocycles. The lowest BCUT2D eigenvalue weighted by atomic mass is 9.95. The smallest absolute Gasteiger partial charge is 0.162 e. The van der Waals surface area contributed by atoms with Gasteiger partial charge in [-0.1, -0.05) is 19.9 Å². The third-order valence-electron chi connectivity index (χ3n) is 2.69. The summed E-state index contributed by atoms with van der Waals surface area (Å²) in [6, 6.07) is 4.16. The summed E-state index contributed by atoms with van der Waals surface area (Å²) < 4.78 is 0. The monoisotopic (exact) mass is 190 g/mol. The molecule has 76 valence electrons. The van der Waals surface area contributed by atoms with Gasteiger partial charge in [-0.05, 0) is 43.0 Å². The first kappa shape index (κ1) is 11.0. The lowest BCUT2D eigenvalue weighted by Gasteiger charge is -2.09. The van der Waals surface area contributed by atoms with Crippen molar-refractivity contribution in [1.82, 2.24) is 0 Å². The Morgan fingerprint density at radius 2 is 1.79 bits per heavy atom. The average Bonchev–Trinajstić information content (AvgIpc) is 2.19. The minimum absolute atomic E-state index is 0.244. The second kappa shape index (κ2) is 4.41. The van der Waals surface area contributed by atoms with E-state index in [1.807, 2.05) is 19.9 Å². The Labute approximate surface area is 86.1 Å². The number of aryl methyl sites for hydroxylation is 3. The van der Waals surface area contributed by atoms with E-state index in [4.69, 9.17) is 0 Å². The van der Waals surface area contributed by atoms with E-state index in [0.717, 1.165) is 17.5 Å². The maximum atomic E-state index is 11.6. The number of hydrogen-bond donors (Lipinski definition) is 0. The molecular weight excluding hydrogens is 172 g/mol. The predicted octanol–water partition coefficient (Wildman–Crippen LogP) is 3.46. The SMILES string of the molecule is CCC(=O)c1cc(C)c(CC)cc1C. The van der Waals surface area contributed by atoms with E-state index in [0.29, 0.717) is 6.42 Å². The van der Waals surface area contributed by atoms with E-state index >= 15 is 0 Å². The van der Waals surface area contributed by atoms with Crippen LogP contribution in [-0.2, 0) is 6.42 Å². The molecule has 0 heterocycles. The van der Waals surface area contributed by atoms with Gasteiger partial charge in [-0.2, -0.15) is 0 Å². The lowest BCUT2D eigenvalue weighted by molar-refractivity contribution is 0.0987. The highest BCUT2D eigenvalue weighted by molar-refractivity contribution is 5.97. The third-order valence-corrected chi connectivity index (χ3v) is 2.69. The Hall–Kier alpha value is -1.11. The van der Waals surface area contributed by atoms with Crippen LogP contribution >= 0.6 is 0 Å². The van der Waals surface area contributed by atoms with E-state index in [1.165, 1.54) is 11.1 Å². The third kappa shape index (κ3) is 2.03. The van der Waals surface area contributed by atoms with Crippen LogP contribution in [0, 0.1) is 13.8 Å². The molecule has 0 fully saturated rings. The van der Waals surface area contributed by atoms with Crippen molar-refractivity contribution in [2.45, 2.75) is 40.5 Å². The second-order valence-corrected chi connectivity index (χ2v) is 3.72. The molecule has 0 saturated heterocycles. The Morgan fingerprint density at radius 1 is 1.14 bits per heavy atom. The van der Waals surface area contributed by atoms with Crippen molar-refractivity contribution in [3.05, 3.63) is 34.4 Å². The molecule has 0 saturated carbocycles. The number of carbonyl (C=O) groups excluding carboxylic acids is 1. The van der Waals surface area contributed by atoms with Crippen LogP contribution in [0.2, 0.25) is 0 Å². The molecule has 1 rings (SSSR count). The normalized spacial score (nSPS) is 10.3. The highest BCUT2D eigenvalue weighted by Crippen LogP contribution is 2.17. The first-order valence-corrected chi connectivity index (χ1v) is 5.23. The molecular formula is C13H18O. The van der Waals surface area contributed by atoms with Gasteiger partial charge in [0, 0.05) is 12.0 Å². The molecule has 0 bridgehead atoms. The van der Waals surface area contributed by atoms with Crippen LogP contribution in [0.25, 0.3) is 0 Å². The quantitative estimate of drug-likeness (QED) is 0.667. The highest BCUT2D eigenvalue weighted by Gasteiger charge is 2.08. The maximum absolute atomic E-state index is 11.6. The van der Waals surface area contributed by atoms with E-state index in [2.05, 4.69) is 19.9 Å². The van der Waals surface area contributed by atoms with Crippen LogP contribution in [0.4, 0.5) is 0 Å². The molecule has 0 atom stereocenters. The zero-order chi connectivity index (χ0) is 10.7. The summed E-state index contributed by atoms with van der Waals surface area (Å²) in [6.45, 7) is 8.14. The summed E-state index contributed by atoms with van der Waals surface area (Å²) in [5.41, 5.74) is 4.58. The van der Waals surface area contributed by atoms with Gasteiger partial charge in [-0.15, -0.1) is 0 Å². The number of carbonyl (C=O) groups is 1. The number of rotatable bonds is 3. The van der Waals surface area contributed by atoms with Gasteiger partial charge >= 0.3 is 0 Å². The van der Waals surface area contributed by atoms with Crippen molar-refractivity contribution >= 4 is 5.78 Å². The van der Waals surface area contributed by atoms with Gasteiger partial charge in [-0.3, -0.25) is 4.79 Å². The lowest BCUT2D eigenvalue weighted by Crippen LogP contribution is -2.02. The van der Waals surface area contributed by atoms with E-state index in [9.17, 15) is 4.79 Å². The van der Waals surface area contributed by atoms with Crippen LogP contribution < -0.4 is 0 Å². The summed E-state index contributed by atoms with van der Waals surface area (Å²) in [5.74, 6) is 0.244. The molecule has 1 aromatic rings. The standard InChI is InChI=1S/C13H18O/c1-5-11-7-10(4)12(8-9(11)3)13(14)6-2/h7-8H,5-6H2,1-4H3. The Kier molecular flexibility index (Phi) is 3.45. The largest absolute Gasteiger partial charge is 0.294 e. The Balaban J connectivity index is 3.21. The molecule has 1 heteroatoms. The first-order valence-electron chi connectivity index (χ1n) is 5.23. The fourth-order valence-corrected chi connectivity index (χ4v) is 1.75. The summed E-state index contributed by atoms with van der Waals surface area (Å²) in [5, 5.41) is 0. The molecule has 0 N–H and O–H groups in total. The molecule has 0 radical (unpaired) electrons. The van der Waals surface area contributed by atoms with Gasteiger partial charge in [0.15, 0.2) is 5.78 Å². The number of hydrogen-bond acceptors (Lipinski definition) is 1. The van der Waals surface area contributed by atoms with Crippen LogP contribution in [0.1, 0.15) is 47.3 Å². The van der Waals surface area contributed by atoms with Crippen molar-refractivity contribution < 1.29 is 4.79 Å². The predicted molar refractivity (Wildman–Crippen MR) is 59.9 cm³/mol. The molecule has 0 unspecified atom stereocenters. The molecule has 0 spiro atoms. The van der Waals surface area contributed by atoms with E-state index < -0.39 is 0 Å². The number of Topliss-reactive ketones (excluding diaryl/α,β-unsaturated/α-hetero) is 1. The Morgan fingerprint density at radius 3 is 2.29 bits per heavy atom. The second-order valence-electron chi connectivity index (χ2n) is 3.72. The molecule has 0 aliphatic carbocycles. The molecule has 0 aromatic heterocycles. The van der Waals surface area contributed by atoms with Crippen LogP contribution in [0.5, 0.6) is 0 Å². The topological polar surface area (TPSA) is 17.1 Å². The molecule has 1 nitrogen and oxygen atoms in total. The van der Waals surface area contributed by atoms with E-state index in [-0.39, 0.29) is 5.78 Å². The van der Waals surface area contributed by atoms with Crippen LogP contribution in [0.3, 0.4) is 0 Å². The minimum atomic E-state index is 0.244. The number of ketones is 1. The first-order chi connectivity index (χ1) is 6.60. The van der Waals surface area contributed by atoms with Crippen molar-refractivity contribution in [1.29, 1.82) is 0 Å². The van der Waals surface area contributed by atoms with Gasteiger partial charge in [-0.25, -0.2) is 0 Å². The van der Waals surface area contributed by atoms with Gasteiger partial charge in [0.05, 0.1) is 0 Å². The van der Waals surface area contributed by atoms with Crippen LogP contribution in [0.15, 0.2) is 12.1 Å².